The smallest absolute Gasteiger partial charge is 0.338 e. The summed E-state index contributed by atoms with van der Waals surface area (Å²) in [5.74, 6) is -0.110. The van der Waals surface area contributed by atoms with Crippen LogP contribution in [0.1, 0.15) is 50.8 Å². The second-order valence-corrected chi connectivity index (χ2v) is 8.52. The van der Waals surface area contributed by atoms with Crippen LogP contribution in [-0.2, 0) is 19.1 Å². The van der Waals surface area contributed by atoms with Gasteiger partial charge in [-0.3, -0.25) is 9.69 Å². The van der Waals surface area contributed by atoms with Crippen LogP contribution in [0.25, 0.3) is 0 Å². The number of thioether (sulfide) groups is 1. The molecule has 2 heterocycles. The second kappa shape index (κ2) is 8.49. The molecule has 1 amide bonds. The lowest BCUT2D eigenvalue weighted by molar-refractivity contribution is -0.141. The zero-order chi connectivity index (χ0) is 20.4. The maximum Gasteiger partial charge on any atom is 0.338 e. The topological polar surface area (TPSA) is 68.2 Å². The molecule has 2 atom stereocenters. The van der Waals surface area contributed by atoms with Gasteiger partial charge in [-0.15, -0.1) is 0 Å². The summed E-state index contributed by atoms with van der Waals surface area (Å²) in [4.78, 5) is 31.9. The highest BCUT2D eigenvalue weighted by Gasteiger charge is 2.46. The van der Waals surface area contributed by atoms with Crippen molar-refractivity contribution in [3.05, 3.63) is 46.7 Å². The monoisotopic (exact) mass is 402 g/mol. The number of amides is 1. The van der Waals surface area contributed by atoms with Gasteiger partial charge < -0.3 is 9.47 Å². The Kier molecular flexibility index (Phi) is 6.25. The van der Waals surface area contributed by atoms with Crippen molar-refractivity contribution >= 4 is 28.8 Å². The molecule has 0 bridgehead atoms. The Hall–Kier alpha value is -2.12. The first kappa shape index (κ1) is 20.6. The number of esters is 1. The molecular formula is C21H26N2O4S. The molecule has 0 aromatic heterocycles. The first-order chi connectivity index (χ1) is 13.3. The number of nitrogens with zero attached hydrogens (tertiary/aromatic N) is 2. The number of rotatable bonds is 6. The van der Waals surface area contributed by atoms with Gasteiger partial charge in [-0.25, -0.2) is 9.79 Å². The average Bonchev–Trinajstić information content (AvgIpc) is 2.94. The fraction of sp³-hybridized carbons (Fsp3) is 0.476. The Morgan fingerprint density at radius 2 is 1.93 bits per heavy atom. The third-order valence-electron chi connectivity index (χ3n) is 4.92. The van der Waals surface area contributed by atoms with Crippen LogP contribution in [0.2, 0.25) is 0 Å². The van der Waals surface area contributed by atoms with Crippen molar-refractivity contribution in [1.29, 1.82) is 0 Å². The van der Waals surface area contributed by atoms with Gasteiger partial charge in [-0.05, 0) is 30.9 Å². The highest BCUT2D eigenvalue weighted by Crippen LogP contribution is 2.43. The van der Waals surface area contributed by atoms with E-state index in [9.17, 15) is 9.59 Å². The summed E-state index contributed by atoms with van der Waals surface area (Å²) >= 11 is 1.42. The number of benzene rings is 1. The van der Waals surface area contributed by atoms with E-state index in [-0.39, 0.29) is 17.8 Å². The van der Waals surface area contributed by atoms with Gasteiger partial charge in [0.25, 0.3) is 0 Å². The van der Waals surface area contributed by atoms with Gasteiger partial charge in [-0.1, -0.05) is 49.9 Å². The van der Waals surface area contributed by atoms with Crippen LogP contribution >= 0.6 is 11.8 Å². The lowest BCUT2D eigenvalue weighted by Gasteiger charge is -2.33. The zero-order valence-electron chi connectivity index (χ0n) is 16.9. The fourth-order valence-electron chi connectivity index (χ4n) is 3.34. The van der Waals surface area contributed by atoms with Gasteiger partial charge >= 0.3 is 5.97 Å². The van der Waals surface area contributed by atoms with E-state index < -0.39 is 12.0 Å². The Labute approximate surface area is 170 Å². The van der Waals surface area contributed by atoms with E-state index in [1.54, 1.807) is 18.9 Å². The van der Waals surface area contributed by atoms with Crippen molar-refractivity contribution in [2.45, 2.75) is 44.9 Å². The molecule has 1 saturated heterocycles. The lowest BCUT2D eigenvalue weighted by atomic mass is 9.92. The molecule has 0 radical (unpaired) electrons. The molecule has 0 unspecified atom stereocenters. The first-order valence-corrected chi connectivity index (χ1v) is 10.3. The Balaban J connectivity index is 2.03. The van der Waals surface area contributed by atoms with E-state index in [1.165, 1.54) is 17.3 Å². The number of hydrogen-bond acceptors (Lipinski definition) is 6. The molecular weight excluding hydrogens is 376 g/mol. The number of ether oxygens (including phenoxy) is 2. The molecule has 3 rings (SSSR count). The van der Waals surface area contributed by atoms with Crippen molar-refractivity contribution in [1.82, 2.24) is 4.90 Å². The van der Waals surface area contributed by atoms with E-state index in [4.69, 9.17) is 9.47 Å². The van der Waals surface area contributed by atoms with Crippen molar-refractivity contribution in [2.24, 2.45) is 4.99 Å². The van der Waals surface area contributed by atoms with Gasteiger partial charge in [0.2, 0.25) is 5.91 Å². The number of methoxy groups -OCH3 is 1. The molecule has 1 fully saturated rings. The van der Waals surface area contributed by atoms with Crippen LogP contribution < -0.4 is 0 Å². The van der Waals surface area contributed by atoms with E-state index >= 15 is 0 Å². The Bertz CT molecular complexity index is 829. The molecule has 2 aliphatic rings. The number of amidine groups is 1. The van der Waals surface area contributed by atoms with Crippen LogP contribution in [0.4, 0.5) is 0 Å². The van der Waals surface area contributed by atoms with Crippen molar-refractivity contribution in [2.75, 3.05) is 20.3 Å². The maximum absolute atomic E-state index is 12.9. The largest absolute Gasteiger partial charge is 0.460 e. The average molecular weight is 403 g/mol. The van der Waals surface area contributed by atoms with E-state index in [0.717, 1.165) is 5.56 Å². The van der Waals surface area contributed by atoms with E-state index in [2.05, 4.69) is 18.8 Å². The zero-order valence-corrected chi connectivity index (χ0v) is 17.7. The molecule has 0 aliphatic carbocycles. The van der Waals surface area contributed by atoms with Crippen molar-refractivity contribution in [3.8, 4) is 0 Å². The normalized spacial score (nSPS) is 21.9. The van der Waals surface area contributed by atoms with Crippen LogP contribution in [0.5, 0.6) is 0 Å². The molecule has 0 spiro atoms. The first-order valence-electron chi connectivity index (χ1n) is 9.40. The molecule has 0 N–H and O–H groups in total. The molecule has 7 heteroatoms. The van der Waals surface area contributed by atoms with E-state index in [0.29, 0.717) is 29.0 Å². The summed E-state index contributed by atoms with van der Waals surface area (Å²) in [7, 11) is 1.55. The molecule has 1 aromatic carbocycles. The van der Waals surface area contributed by atoms with Gasteiger partial charge in [0.05, 0.1) is 29.2 Å². The van der Waals surface area contributed by atoms with Gasteiger partial charge in [0.15, 0.2) is 5.17 Å². The van der Waals surface area contributed by atoms with Crippen LogP contribution in [0.3, 0.4) is 0 Å². The molecule has 2 aliphatic heterocycles. The van der Waals surface area contributed by atoms with E-state index in [1.807, 2.05) is 31.2 Å². The summed E-state index contributed by atoms with van der Waals surface area (Å²) in [5, 5.41) is 0.411. The van der Waals surface area contributed by atoms with Gasteiger partial charge in [0.1, 0.15) is 6.61 Å². The van der Waals surface area contributed by atoms with Gasteiger partial charge in [0, 0.05) is 7.11 Å². The van der Waals surface area contributed by atoms with Crippen molar-refractivity contribution < 1.29 is 19.1 Å². The summed E-state index contributed by atoms with van der Waals surface area (Å²) in [6, 6.07) is 7.53. The van der Waals surface area contributed by atoms with Crippen LogP contribution in [0.15, 0.2) is 40.5 Å². The minimum absolute atomic E-state index is 0.0450. The number of fused-ring (bicyclic) bond motifs is 1. The summed E-state index contributed by atoms with van der Waals surface area (Å²) < 4.78 is 10.3. The minimum atomic E-state index is -0.534. The van der Waals surface area contributed by atoms with Crippen molar-refractivity contribution in [3.63, 3.8) is 0 Å². The molecule has 150 valence electrons. The van der Waals surface area contributed by atoms with Crippen LogP contribution in [-0.4, -0.2) is 47.5 Å². The number of hydrogen-bond donors (Lipinski definition) is 0. The Morgan fingerprint density at radius 3 is 2.54 bits per heavy atom. The standard InChI is InChI=1S/C21H26N2O4S/c1-12(2)15-6-8-16(9-7-15)18-17(20(25)27-11-10-26-5)13(3)22-21-23(18)19(24)14(4)28-21/h6-9,12,14,18H,10-11H2,1-5H3/t14-,18+/m1/s1. The number of allylic oxidation sites excluding steroid dienone is 1. The maximum atomic E-state index is 12.9. The molecule has 28 heavy (non-hydrogen) atoms. The minimum Gasteiger partial charge on any atom is -0.460 e. The third-order valence-corrected chi connectivity index (χ3v) is 5.97. The number of carbonyl (C=O) groups is 2. The molecule has 6 nitrogen and oxygen atoms in total. The predicted molar refractivity (Wildman–Crippen MR) is 110 cm³/mol. The molecule has 1 aromatic rings. The fourth-order valence-corrected chi connectivity index (χ4v) is 4.37. The Morgan fingerprint density at radius 1 is 1.25 bits per heavy atom. The number of carbonyl (C=O) groups excluding carboxylic acids is 2. The third kappa shape index (κ3) is 3.86. The molecule has 0 saturated carbocycles. The SMILES string of the molecule is COCCOC(=O)C1=C(C)N=C2S[C@H](C)C(=O)N2[C@H]1c1ccc(C(C)C)cc1. The lowest BCUT2D eigenvalue weighted by Crippen LogP contribution is -2.40. The summed E-state index contributed by atoms with van der Waals surface area (Å²) in [6.07, 6.45) is 0. The summed E-state index contributed by atoms with van der Waals surface area (Å²) in [6.45, 7) is 8.38. The van der Waals surface area contributed by atoms with Crippen LogP contribution in [0, 0.1) is 0 Å². The second-order valence-electron chi connectivity index (χ2n) is 7.21. The quantitative estimate of drug-likeness (QED) is 0.537. The number of aliphatic imine (C=N–C) groups is 1. The highest BCUT2D eigenvalue weighted by molar-refractivity contribution is 8.15. The predicted octanol–water partition coefficient (Wildman–Crippen LogP) is 3.65. The highest BCUT2D eigenvalue weighted by atomic mass is 32.2. The van der Waals surface area contributed by atoms with Gasteiger partial charge in [-0.2, -0.15) is 0 Å². The summed E-state index contributed by atoms with van der Waals surface area (Å²) in [5.41, 5.74) is 3.06.